The Bertz CT molecular complexity index is 1470. The predicted octanol–water partition coefficient (Wildman–Crippen LogP) is 6.22. The minimum atomic E-state index is -3.93. The summed E-state index contributed by atoms with van der Waals surface area (Å²) in [4.78, 5) is 29.5. The van der Waals surface area contributed by atoms with Crippen molar-refractivity contribution in [2.45, 2.75) is 50.7 Å². The third-order valence-electron chi connectivity index (χ3n) is 7.10. The molecule has 0 saturated heterocycles. The van der Waals surface area contributed by atoms with Gasteiger partial charge in [-0.3, -0.25) is 13.9 Å². The molecular weight excluding hydrogens is 649 g/mol. The highest BCUT2D eigenvalue weighted by Gasteiger charge is 2.34. The minimum Gasteiger partial charge on any atom is -0.352 e. The lowest BCUT2D eigenvalue weighted by atomic mass is 10.0. The van der Waals surface area contributed by atoms with Crippen LogP contribution in [0.25, 0.3) is 0 Å². The third-order valence-corrected chi connectivity index (χ3v) is 9.29. The van der Waals surface area contributed by atoms with Crippen LogP contribution in [0.1, 0.15) is 36.8 Å². The maximum absolute atomic E-state index is 14.2. The van der Waals surface area contributed by atoms with Gasteiger partial charge in [0.15, 0.2) is 0 Å². The molecule has 0 spiro atoms. The molecule has 1 aliphatic rings. The monoisotopic (exact) mass is 679 g/mol. The lowest BCUT2D eigenvalue weighted by molar-refractivity contribution is -0.140. The van der Waals surface area contributed by atoms with Crippen LogP contribution in [0, 0.1) is 0 Å². The Morgan fingerprint density at radius 1 is 0.976 bits per heavy atom. The van der Waals surface area contributed by atoms with E-state index in [4.69, 9.17) is 23.2 Å². The van der Waals surface area contributed by atoms with E-state index < -0.39 is 28.5 Å². The molecular formula is C30H32BrCl2N3O4S. The van der Waals surface area contributed by atoms with E-state index in [0.717, 1.165) is 51.8 Å². The van der Waals surface area contributed by atoms with Gasteiger partial charge in [-0.25, -0.2) is 8.42 Å². The molecule has 3 aromatic carbocycles. The minimum absolute atomic E-state index is 0.0470. The molecule has 0 heterocycles. The zero-order valence-corrected chi connectivity index (χ0v) is 26.5. The number of rotatable bonds is 11. The Morgan fingerprint density at radius 2 is 1.63 bits per heavy atom. The lowest BCUT2D eigenvalue weighted by Crippen LogP contribution is -2.54. The molecule has 1 N–H and O–H groups in total. The molecule has 1 atom stereocenters. The van der Waals surface area contributed by atoms with Gasteiger partial charge in [0.1, 0.15) is 12.6 Å². The van der Waals surface area contributed by atoms with Crippen molar-refractivity contribution in [1.82, 2.24) is 10.2 Å². The third kappa shape index (κ3) is 8.70. The summed E-state index contributed by atoms with van der Waals surface area (Å²) in [5, 5.41) is 3.58. The first-order chi connectivity index (χ1) is 19.5. The summed E-state index contributed by atoms with van der Waals surface area (Å²) < 4.78 is 27.7. The summed E-state index contributed by atoms with van der Waals surface area (Å²) in [7, 11) is -3.93. The second-order valence-corrected chi connectivity index (χ2v) is 13.9. The van der Waals surface area contributed by atoms with Crippen LogP contribution >= 0.6 is 39.1 Å². The fourth-order valence-electron chi connectivity index (χ4n) is 4.99. The Labute approximate surface area is 260 Å². The van der Waals surface area contributed by atoms with Crippen molar-refractivity contribution in [3.8, 4) is 0 Å². The first-order valence-electron chi connectivity index (χ1n) is 13.3. The van der Waals surface area contributed by atoms with E-state index in [9.17, 15) is 18.0 Å². The van der Waals surface area contributed by atoms with Crippen LogP contribution < -0.4 is 9.62 Å². The molecule has 3 aromatic rings. The molecule has 1 unspecified atom stereocenters. The zero-order valence-electron chi connectivity index (χ0n) is 22.6. The number of hydrogen-bond donors (Lipinski definition) is 1. The highest BCUT2D eigenvalue weighted by molar-refractivity contribution is 9.10. The van der Waals surface area contributed by atoms with Crippen molar-refractivity contribution in [2.75, 3.05) is 17.1 Å². The molecule has 0 aromatic heterocycles. The van der Waals surface area contributed by atoms with Crippen molar-refractivity contribution in [2.24, 2.45) is 0 Å². The van der Waals surface area contributed by atoms with Crippen LogP contribution in [0.15, 0.2) is 77.3 Å². The van der Waals surface area contributed by atoms with Gasteiger partial charge in [-0.1, -0.05) is 94.4 Å². The van der Waals surface area contributed by atoms with Crippen LogP contribution in [0.3, 0.4) is 0 Å². The summed E-state index contributed by atoms with van der Waals surface area (Å²) in [5.74, 6) is -0.798. The largest absolute Gasteiger partial charge is 0.352 e. The average Bonchev–Trinajstić information content (AvgIpc) is 3.43. The topological polar surface area (TPSA) is 86.8 Å². The summed E-state index contributed by atoms with van der Waals surface area (Å²) in [6.45, 7) is -0.438. The van der Waals surface area contributed by atoms with Gasteiger partial charge in [0.25, 0.3) is 0 Å². The first-order valence-corrected chi connectivity index (χ1v) is 16.7. The van der Waals surface area contributed by atoms with Crippen molar-refractivity contribution >= 4 is 66.7 Å². The van der Waals surface area contributed by atoms with E-state index in [1.807, 2.05) is 54.6 Å². The SMILES string of the molecule is CS(=O)(=O)N(CC(=O)N(Cc1ccc(Br)cc1)C(Cc1ccccc1)C(=O)NC1CCCC1)c1ccc(Cl)cc1Cl. The molecule has 1 aliphatic carbocycles. The zero-order chi connectivity index (χ0) is 29.6. The number of amides is 2. The highest BCUT2D eigenvalue weighted by Crippen LogP contribution is 2.31. The molecule has 218 valence electrons. The fourth-order valence-corrected chi connectivity index (χ4v) is 6.67. The van der Waals surface area contributed by atoms with Gasteiger partial charge in [0.2, 0.25) is 21.8 Å². The van der Waals surface area contributed by atoms with E-state index in [1.165, 1.54) is 23.1 Å². The molecule has 1 fully saturated rings. The van der Waals surface area contributed by atoms with Crippen LogP contribution in [0.2, 0.25) is 10.0 Å². The molecule has 41 heavy (non-hydrogen) atoms. The van der Waals surface area contributed by atoms with Crippen molar-refractivity contribution in [3.63, 3.8) is 0 Å². The van der Waals surface area contributed by atoms with E-state index in [-0.39, 0.29) is 35.6 Å². The van der Waals surface area contributed by atoms with Gasteiger partial charge in [0.05, 0.1) is 17.0 Å². The number of halogens is 3. The number of benzene rings is 3. The molecule has 0 bridgehead atoms. The van der Waals surface area contributed by atoms with E-state index in [2.05, 4.69) is 21.2 Å². The number of carbonyl (C=O) groups excluding carboxylic acids is 2. The molecule has 2 amide bonds. The van der Waals surface area contributed by atoms with Gasteiger partial charge in [-0.2, -0.15) is 0 Å². The Morgan fingerprint density at radius 3 is 2.24 bits per heavy atom. The maximum Gasteiger partial charge on any atom is 0.244 e. The number of hydrogen-bond acceptors (Lipinski definition) is 4. The second-order valence-electron chi connectivity index (χ2n) is 10.2. The van der Waals surface area contributed by atoms with Crippen LogP contribution in [-0.2, 0) is 32.6 Å². The van der Waals surface area contributed by atoms with Crippen molar-refractivity contribution in [1.29, 1.82) is 0 Å². The standard InChI is InChI=1S/C30H32BrCl2N3O4S/c1-41(39,40)36(27-16-15-24(32)18-26(27)33)20-29(37)35(19-22-11-13-23(31)14-12-22)28(17-21-7-3-2-4-8-21)30(38)34-25-9-5-6-10-25/h2-4,7-8,11-16,18,25,28H,5-6,9-10,17,19-20H2,1H3,(H,34,38). The van der Waals surface area contributed by atoms with Crippen LogP contribution in [-0.4, -0.2) is 50.0 Å². The number of carbonyl (C=O) groups is 2. The maximum atomic E-state index is 14.2. The molecule has 4 rings (SSSR count). The van der Waals surface area contributed by atoms with Crippen molar-refractivity contribution < 1.29 is 18.0 Å². The molecule has 7 nitrogen and oxygen atoms in total. The second kappa shape index (κ2) is 14.1. The normalized spacial score (nSPS) is 14.4. The van der Waals surface area contributed by atoms with Crippen molar-refractivity contribution in [3.05, 3.63) is 98.4 Å². The summed E-state index contributed by atoms with van der Waals surface area (Å²) in [6.07, 6.45) is 5.14. The van der Waals surface area contributed by atoms with E-state index in [1.54, 1.807) is 0 Å². The number of nitrogens with zero attached hydrogens (tertiary/aromatic N) is 2. The van der Waals surface area contributed by atoms with Gasteiger partial charge >= 0.3 is 0 Å². The van der Waals surface area contributed by atoms with E-state index in [0.29, 0.717) is 5.02 Å². The molecule has 0 aliphatic heterocycles. The number of sulfonamides is 1. The van der Waals surface area contributed by atoms with Gasteiger partial charge in [0, 0.05) is 28.5 Å². The van der Waals surface area contributed by atoms with E-state index >= 15 is 0 Å². The highest BCUT2D eigenvalue weighted by atomic mass is 79.9. The molecule has 11 heteroatoms. The summed E-state index contributed by atoms with van der Waals surface area (Å²) >= 11 is 15.8. The lowest BCUT2D eigenvalue weighted by Gasteiger charge is -2.34. The summed E-state index contributed by atoms with van der Waals surface area (Å²) in [6, 6.07) is 20.5. The van der Waals surface area contributed by atoms with Gasteiger partial charge in [-0.15, -0.1) is 0 Å². The smallest absolute Gasteiger partial charge is 0.244 e. The Hall–Kier alpha value is -2.59. The number of nitrogens with one attached hydrogen (secondary N) is 1. The molecule has 0 radical (unpaired) electrons. The number of anilines is 1. The quantitative estimate of drug-likeness (QED) is 0.261. The van der Waals surface area contributed by atoms with Crippen LogP contribution in [0.4, 0.5) is 5.69 Å². The average molecular weight is 681 g/mol. The first kappa shape index (κ1) is 31.3. The summed E-state index contributed by atoms with van der Waals surface area (Å²) in [5.41, 5.74) is 1.81. The molecule has 1 saturated carbocycles. The Balaban J connectivity index is 1.73. The van der Waals surface area contributed by atoms with Gasteiger partial charge < -0.3 is 10.2 Å². The van der Waals surface area contributed by atoms with Crippen LogP contribution in [0.5, 0.6) is 0 Å². The van der Waals surface area contributed by atoms with Gasteiger partial charge in [-0.05, 0) is 54.3 Å². The Kier molecular flexibility index (Phi) is 10.7. The predicted molar refractivity (Wildman–Crippen MR) is 168 cm³/mol. The fraction of sp³-hybridized carbons (Fsp3) is 0.333.